The van der Waals surface area contributed by atoms with Crippen LogP contribution < -0.4 is 5.32 Å². The molecule has 26 heavy (non-hydrogen) atoms. The fourth-order valence-electron chi connectivity index (χ4n) is 3.17. The van der Waals surface area contributed by atoms with E-state index in [2.05, 4.69) is 5.32 Å². The Labute approximate surface area is 154 Å². The van der Waals surface area contributed by atoms with Crippen molar-refractivity contribution in [2.45, 2.75) is 18.3 Å². The molecule has 2 aromatic rings. The largest absolute Gasteiger partial charge is 0.381 e. The molecule has 138 valence electrons. The zero-order valence-electron chi connectivity index (χ0n) is 13.8. The lowest BCUT2D eigenvalue weighted by Crippen LogP contribution is -2.44. The number of ether oxygens (including phenoxy) is 1. The summed E-state index contributed by atoms with van der Waals surface area (Å²) in [5, 5.41) is 2.59. The summed E-state index contributed by atoms with van der Waals surface area (Å²) in [6.45, 7) is 1.27. The van der Waals surface area contributed by atoms with Gasteiger partial charge in [-0.2, -0.15) is 0 Å². The first kappa shape index (κ1) is 18.7. The minimum atomic E-state index is -1.14. The third-order valence-corrected chi connectivity index (χ3v) is 5.06. The first-order chi connectivity index (χ1) is 12.4. The Morgan fingerprint density at radius 2 is 1.69 bits per heavy atom. The average Bonchev–Trinajstić information content (AvgIpc) is 2.64. The van der Waals surface area contributed by atoms with E-state index in [1.54, 1.807) is 12.1 Å². The highest BCUT2D eigenvalue weighted by molar-refractivity contribution is 6.33. The molecule has 0 aromatic heterocycles. The maximum absolute atomic E-state index is 13.4. The molecule has 0 spiro atoms. The van der Waals surface area contributed by atoms with Crippen molar-refractivity contribution in [2.75, 3.05) is 19.8 Å². The smallest absolute Gasteiger partial charge is 0.252 e. The highest BCUT2D eigenvalue weighted by Crippen LogP contribution is 2.34. The maximum Gasteiger partial charge on any atom is 0.252 e. The molecule has 1 heterocycles. The molecule has 0 bridgehead atoms. The molecule has 1 aliphatic heterocycles. The van der Waals surface area contributed by atoms with E-state index >= 15 is 0 Å². The molecule has 7 heteroatoms. The standard InChI is InChI=1S/C19H17ClF3NO2/c20-15-10-17(23)16(22)9-14(15)18(25)24-11-19(5-7-26-8-6-19)12-1-3-13(21)4-2-12/h1-4,9-10H,5-8,11H2,(H,24,25). The molecule has 0 aliphatic carbocycles. The van der Waals surface area contributed by atoms with Gasteiger partial charge in [0.25, 0.3) is 5.91 Å². The number of amides is 1. The van der Waals surface area contributed by atoms with E-state index in [0.717, 1.165) is 17.7 Å². The first-order valence-electron chi connectivity index (χ1n) is 8.18. The van der Waals surface area contributed by atoms with E-state index in [4.69, 9.17) is 16.3 Å². The highest BCUT2D eigenvalue weighted by atomic mass is 35.5. The number of hydrogen-bond donors (Lipinski definition) is 1. The van der Waals surface area contributed by atoms with Crippen LogP contribution in [-0.4, -0.2) is 25.7 Å². The number of benzene rings is 2. The van der Waals surface area contributed by atoms with Crippen LogP contribution in [0, 0.1) is 17.5 Å². The number of hydrogen-bond acceptors (Lipinski definition) is 2. The number of carbonyl (C=O) groups excluding carboxylic acids is 1. The highest BCUT2D eigenvalue weighted by Gasteiger charge is 2.35. The Bertz CT molecular complexity index is 805. The SMILES string of the molecule is O=C(NCC1(c2ccc(F)cc2)CCOCC1)c1cc(F)c(F)cc1Cl. The van der Waals surface area contributed by atoms with Gasteiger partial charge in [-0.25, -0.2) is 13.2 Å². The van der Waals surface area contributed by atoms with Gasteiger partial charge < -0.3 is 10.1 Å². The monoisotopic (exact) mass is 383 g/mol. The minimum absolute atomic E-state index is 0.133. The summed E-state index contributed by atoms with van der Waals surface area (Å²) in [4.78, 5) is 12.4. The van der Waals surface area contributed by atoms with E-state index in [0.29, 0.717) is 26.1 Å². The van der Waals surface area contributed by atoms with Gasteiger partial charge in [0.05, 0.1) is 10.6 Å². The van der Waals surface area contributed by atoms with Gasteiger partial charge >= 0.3 is 0 Å². The Morgan fingerprint density at radius 1 is 1.08 bits per heavy atom. The lowest BCUT2D eigenvalue weighted by molar-refractivity contribution is 0.0487. The Hall–Kier alpha value is -2.05. The van der Waals surface area contributed by atoms with E-state index in [1.807, 2.05) is 0 Å². The molecule has 1 fully saturated rings. The van der Waals surface area contributed by atoms with Crippen molar-refractivity contribution in [1.29, 1.82) is 0 Å². The maximum atomic E-state index is 13.4. The zero-order valence-corrected chi connectivity index (χ0v) is 14.6. The average molecular weight is 384 g/mol. The van der Waals surface area contributed by atoms with Gasteiger partial charge in [-0.3, -0.25) is 4.79 Å². The molecule has 1 saturated heterocycles. The molecule has 1 amide bonds. The van der Waals surface area contributed by atoms with Crippen LogP contribution >= 0.6 is 11.6 Å². The topological polar surface area (TPSA) is 38.3 Å². The van der Waals surface area contributed by atoms with Crippen LogP contribution in [0.5, 0.6) is 0 Å². The molecular formula is C19H17ClF3NO2. The lowest BCUT2D eigenvalue weighted by Gasteiger charge is -2.38. The Morgan fingerprint density at radius 3 is 2.35 bits per heavy atom. The molecule has 3 rings (SSSR count). The van der Waals surface area contributed by atoms with Crippen molar-refractivity contribution in [3.05, 3.63) is 70.0 Å². The van der Waals surface area contributed by atoms with Gasteiger partial charge in [0, 0.05) is 25.2 Å². The van der Waals surface area contributed by atoms with Crippen LogP contribution in [0.15, 0.2) is 36.4 Å². The zero-order chi connectivity index (χ0) is 18.7. The van der Waals surface area contributed by atoms with Crippen LogP contribution in [0.4, 0.5) is 13.2 Å². The van der Waals surface area contributed by atoms with Gasteiger partial charge in [0.1, 0.15) is 5.82 Å². The molecule has 1 N–H and O–H groups in total. The summed E-state index contributed by atoms with van der Waals surface area (Å²) in [7, 11) is 0. The van der Waals surface area contributed by atoms with Gasteiger partial charge in [0.15, 0.2) is 11.6 Å². The molecule has 0 saturated carbocycles. The van der Waals surface area contributed by atoms with Crippen LogP contribution in [0.25, 0.3) is 0 Å². The summed E-state index contributed by atoms with van der Waals surface area (Å²) in [5.74, 6) is -3.19. The van der Waals surface area contributed by atoms with Crippen molar-refractivity contribution in [3.63, 3.8) is 0 Å². The predicted molar refractivity (Wildman–Crippen MR) is 91.8 cm³/mol. The Kier molecular flexibility index (Phi) is 5.53. The number of nitrogens with one attached hydrogen (secondary N) is 1. The Balaban J connectivity index is 1.81. The normalized spacial score (nSPS) is 16.3. The van der Waals surface area contributed by atoms with Crippen LogP contribution in [0.1, 0.15) is 28.8 Å². The summed E-state index contributed by atoms with van der Waals surface area (Å²) in [5.41, 5.74) is 0.331. The fourth-order valence-corrected chi connectivity index (χ4v) is 3.41. The van der Waals surface area contributed by atoms with E-state index < -0.39 is 23.0 Å². The lowest BCUT2D eigenvalue weighted by atomic mass is 9.74. The summed E-state index contributed by atoms with van der Waals surface area (Å²) in [6, 6.07) is 7.69. The van der Waals surface area contributed by atoms with Gasteiger partial charge in [-0.05, 0) is 42.7 Å². The summed E-state index contributed by atoms with van der Waals surface area (Å²) >= 11 is 5.86. The van der Waals surface area contributed by atoms with Crippen molar-refractivity contribution < 1.29 is 22.7 Å². The molecule has 2 aromatic carbocycles. The van der Waals surface area contributed by atoms with Crippen molar-refractivity contribution in [2.24, 2.45) is 0 Å². The van der Waals surface area contributed by atoms with Gasteiger partial charge in [-0.15, -0.1) is 0 Å². The second kappa shape index (κ2) is 7.68. The van der Waals surface area contributed by atoms with Crippen molar-refractivity contribution >= 4 is 17.5 Å². The van der Waals surface area contributed by atoms with Crippen LogP contribution in [0.2, 0.25) is 5.02 Å². The molecule has 0 unspecified atom stereocenters. The van der Waals surface area contributed by atoms with E-state index in [1.165, 1.54) is 12.1 Å². The second-order valence-corrected chi connectivity index (χ2v) is 6.74. The molecule has 0 atom stereocenters. The molecule has 1 aliphatic rings. The summed E-state index contributed by atoms with van der Waals surface area (Å²) in [6.07, 6.45) is 1.29. The summed E-state index contributed by atoms with van der Waals surface area (Å²) < 4.78 is 45.3. The van der Waals surface area contributed by atoms with Crippen molar-refractivity contribution in [3.8, 4) is 0 Å². The van der Waals surface area contributed by atoms with Crippen LogP contribution in [-0.2, 0) is 10.2 Å². The number of rotatable bonds is 4. The predicted octanol–water partition coefficient (Wildman–Crippen LogP) is 4.24. The number of halogens is 4. The van der Waals surface area contributed by atoms with Gasteiger partial charge in [0.2, 0.25) is 0 Å². The minimum Gasteiger partial charge on any atom is -0.381 e. The third kappa shape index (κ3) is 3.86. The van der Waals surface area contributed by atoms with Gasteiger partial charge in [-0.1, -0.05) is 23.7 Å². The first-order valence-corrected chi connectivity index (χ1v) is 8.56. The third-order valence-electron chi connectivity index (χ3n) is 4.75. The quantitative estimate of drug-likeness (QED) is 0.802. The van der Waals surface area contributed by atoms with E-state index in [-0.39, 0.29) is 22.9 Å². The van der Waals surface area contributed by atoms with E-state index in [9.17, 15) is 18.0 Å². The molecule has 0 radical (unpaired) electrons. The number of carbonyl (C=O) groups is 1. The fraction of sp³-hybridized carbons (Fsp3) is 0.316. The molecular weight excluding hydrogens is 367 g/mol. The molecule has 3 nitrogen and oxygen atoms in total. The van der Waals surface area contributed by atoms with Crippen LogP contribution in [0.3, 0.4) is 0 Å². The van der Waals surface area contributed by atoms with Crippen molar-refractivity contribution in [1.82, 2.24) is 5.32 Å². The second-order valence-electron chi connectivity index (χ2n) is 6.33.